The number of hydrogen-bond acceptors (Lipinski definition) is 5. The number of nitrogens with two attached hydrogens (primary N) is 1. The van der Waals surface area contributed by atoms with Gasteiger partial charge in [0.1, 0.15) is 17.4 Å². The lowest BCUT2D eigenvalue weighted by atomic mass is 9.88. The van der Waals surface area contributed by atoms with Crippen LogP contribution in [0.1, 0.15) is 28.8 Å². The van der Waals surface area contributed by atoms with E-state index in [-0.39, 0.29) is 11.8 Å². The third-order valence-corrected chi connectivity index (χ3v) is 6.08. The minimum absolute atomic E-state index is 0.183. The minimum Gasteiger partial charge on any atom is -0.497 e. The molecular weight excluding hydrogens is 344 g/mol. The van der Waals surface area contributed by atoms with E-state index in [0.717, 1.165) is 33.7 Å². The summed E-state index contributed by atoms with van der Waals surface area (Å²) in [6, 6.07) is 16.2. The van der Waals surface area contributed by atoms with Crippen molar-refractivity contribution in [2.45, 2.75) is 19.3 Å². The first kappa shape index (κ1) is 16.5. The van der Waals surface area contributed by atoms with Crippen LogP contribution in [0.2, 0.25) is 0 Å². The second kappa shape index (κ2) is 6.40. The standard InChI is InChI=1S/C21H18N2O2S/c1-3-12-5-4-6-15-18-20(26-19(12)15)17(16(11-22)21(23)25-18)13-7-9-14(24-2)10-8-13/h4-10,17H,3,23H2,1-2H3. The maximum Gasteiger partial charge on any atom is 0.205 e. The molecule has 1 aromatic heterocycles. The predicted molar refractivity (Wildman–Crippen MR) is 103 cm³/mol. The van der Waals surface area contributed by atoms with Gasteiger partial charge in [0, 0.05) is 10.1 Å². The Hall–Kier alpha value is -2.97. The number of rotatable bonds is 3. The van der Waals surface area contributed by atoms with Gasteiger partial charge in [0.15, 0.2) is 5.75 Å². The van der Waals surface area contributed by atoms with E-state index in [4.69, 9.17) is 15.2 Å². The van der Waals surface area contributed by atoms with Crippen LogP contribution >= 0.6 is 11.3 Å². The van der Waals surface area contributed by atoms with Crippen LogP contribution in [0, 0.1) is 11.3 Å². The number of fused-ring (bicyclic) bond motifs is 3. The van der Waals surface area contributed by atoms with Gasteiger partial charge in [-0.2, -0.15) is 5.26 Å². The molecule has 1 unspecified atom stereocenters. The highest BCUT2D eigenvalue weighted by atomic mass is 32.1. The Morgan fingerprint density at radius 3 is 2.65 bits per heavy atom. The molecule has 0 fully saturated rings. The number of ether oxygens (including phenoxy) is 2. The topological polar surface area (TPSA) is 68.3 Å². The monoisotopic (exact) mass is 362 g/mol. The number of benzene rings is 2. The normalized spacial score (nSPS) is 16.1. The van der Waals surface area contributed by atoms with Crippen molar-refractivity contribution in [1.29, 1.82) is 5.26 Å². The summed E-state index contributed by atoms with van der Waals surface area (Å²) < 4.78 is 12.4. The van der Waals surface area contributed by atoms with E-state index in [1.807, 2.05) is 30.3 Å². The van der Waals surface area contributed by atoms with Gasteiger partial charge in [0.25, 0.3) is 0 Å². The van der Waals surface area contributed by atoms with E-state index in [1.165, 1.54) is 10.3 Å². The maximum atomic E-state index is 9.71. The first-order valence-corrected chi connectivity index (χ1v) is 9.25. The van der Waals surface area contributed by atoms with Gasteiger partial charge in [-0.15, -0.1) is 11.3 Å². The molecule has 0 radical (unpaired) electrons. The number of hydrogen-bond donors (Lipinski definition) is 1. The number of nitriles is 1. The highest BCUT2D eigenvalue weighted by molar-refractivity contribution is 7.19. The summed E-state index contributed by atoms with van der Waals surface area (Å²) in [5.74, 6) is 1.51. The Morgan fingerprint density at radius 1 is 1.23 bits per heavy atom. The molecule has 130 valence electrons. The average molecular weight is 362 g/mol. The lowest BCUT2D eigenvalue weighted by Gasteiger charge is -2.24. The van der Waals surface area contributed by atoms with Gasteiger partial charge in [-0.05, 0) is 35.7 Å². The van der Waals surface area contributed by atoms with Crippen LogP contribution in [0.3, 0.4) is 0 Å². The fourth-order valence-corrected chi connectivity index (χ4v) is 4.87. The maximum absolute atomic E-state index is 9.71. The summed E-state index contributed by atoms with van der Waals surface area (Å²) in [5, 5.41) is 10.8. The first-order chi connectivity index (χ1) is 12.7. The zero-order chi connectivity index (χ0) is 18.3. The highest BCUT2D eigenvalue weighted by Crippen LogP contribution is 2.51. The van der Waals surface area contributed by atoms with Gasteiger partial charge in [0.2, 0.25) is 5.88 Å². The zero-order valence-electron chi connectivity index (χ0n) is 14.6. The van der Waals surface area contributed by atoms with Gasteiger partial charge < -0.3 is 15.2 Å². The minimum atomic E-state index is -0.225. The van der Waals surface area contributed by atoms with Crippen LogP contribution in [-0.4, -0.2) is 7.11 Å². The molecule has 0 saturated carbocycles. The molecule has 5 heteroatoms. The Balaban J connectivity index is 1.96. The van der Waals surface area contributed by atoms with Gasteiger partial charge in [-0.1, -0.05) is 31.2 Å². The summed E-state index contributed by atoms with van der Waals surface area (Å²) in [6.45, 7) is 2.14. The number of aryl methyl sites for hydroxylation is 1. The first-order valence-electron chi connectivity index (χ1n) is 8.43. The van der Waals surface area contributed by atoms with Gasteiger partial charge in [-0.25, -0.2) is 0 Å². The van der Waals surface area contributed by atoms with E-state index < -0.39 is 0 Å². The number of methoxy groups -OCH3 is 1. The highest BCUT2D eigenvalue weighted by Gasteiger charge is 2.34. The van der Waals surface area contributed by atoms with Crippen molar-refractivity contribution in [3.8, 4) is 17.6 Å². The molecule has 2 N–H and O–H groups in total. The van der Waals surface area contributed by atoms with E-state index in [0.29, 0.717) is 5.57 Å². The zero-order valence-corrected chi connectivity index (χ0v) is 15.4. The number of nitrogens with zero attached hydrogens (tertiary/aromatic N) is 1. The predicted octanol–water partition coefficient (Wildman–Crippen LogP) is 4.69. The molecule has 26 heavy (non-hydrogen) atoms. The van der Waals surface area contributed by atoms with Gasteiger partial charge >= 0.3 is 0 Å². The molecule has 2 heterocycles. The fraction of sp³-hybridized carbons (Fsp3) is 0.190. The summed E-state index contributed by atoms with van der Waals surface area (Å²) in [5.41, 5.74) is 8.85. The van der Waals surface area contributed by atoms with Crippen molar-refractivity contribution < 1.29 is 9.47 Å². The van der Waals surface area contributed by atoms with Crippen LogP contribution in [0.25, 0.3) is 10.1 Å². The number of thiophene rings is 1. The largest absolute Gasteiger partial charge is 0.497 e. The van der Waals surface area contributed by atoms with Crippen LogP contribution in [-0.2, 0) is 6.42 Å². The molecule has 1 atom stereocenters. The lowest BCUT2D eigenvalue weighted by Crippen LogP contribution is -2.19. The van der Waals surface area contributed by atoms with Crippen LogP contribution in [0.5, 0.6) is 11.5 Å². The van der Waals surface area contributed by atoms with Crippen molar-refractivity contribution in [3.63, 3.8) is 0 Å². The second-order valence-electron chi connectivity index (χ2n) is 6.14. The van der Waals surface area contributed by atoms with Gasteiger partial charge in [-0.3, -0.25) is 0 Å². The smallest absolute Gasteiger partial charge is 0.205 e. The Kier molecular flexibility index (Phi) is 4.06. The molecule has 0 bridgehead atoms. The van der Waals surface area contributed by atoms with Crippen molar-refractivity contribution in [2.24, 2.45) is 5.73 Å². The van der Waals surface area contributed by atoms with Crippen LogP contribution in [0.15, 0.2) is 53.9 Å². The average Bonchev–Trinajstić information content (AvgIpc) is 3.05. The van der Waals surface area contributed by atoms with Crippen molar-refractivity contribution in [2.75, 3.05) is 7.11 Å². The summed E-state index contributed by atoms with van der Waals surface area (Å²) in [7, 11) is 1.64. The summed E-state index contributed by atoms with van der Waals surface area (Å²) >= 11 is 1.69. The molecule has 1 aliphatic rings. The Labute approximate surface area is 156 Å². The van der Waals surface area contributed by atoms with Crippen LogP contribution < -0.4 is 15.2 Å². The van der Waals surface area contributed by atoms with Crippen molar-refractivity contribution >= 4 is 21.4 Å². The van der Waals surface area contributed by atoms with E-state index in [1.54, 1.807) is 18.4 Å². The third-order valence-electron chi connectivity index (χ3n) is 4.76. The molecule has 0 spiro atoms. The Bertz CT molecular complexity index is 1060. The van der Waals surface area contributed by atoms with E-state index in [9.17, 15) is 5.26 Å². The molecule has 0 amide bonds. The quantitative estimate of drug-likeness (QED) is 0.734. The molecule has 3 aromatic rings. The molecule has 0 saturated heterocycles. The third kappa shape index (κ3) is 2.42. The SMILES string of the molecule is CCc1cccc2c3c(sc12)C(c1ccc(OC)cc1)C(C#N)=C(N)O3. The fourth-order valence-electron chi connectivity index (χ4n) is 3.42. The summed E-state index contributed by atoms with van der Waals surface area (Å²) in [4.78, 5) is 1.02. The Morgan fingerprint density at radius 2 is 2.00 bits per heavy atom. The van der Waals surface area contributed by atoms with E-state index in [2.05, 4.69) is 25.1 Å². The van der Waals surface area contributed by atoms with E-state index >= 15 is 0 Å². The summed E-state index contributed by atoms with van der Waals surface area (Å²) in [6.07, 6.45) is 0.942. The number of allylic oxidation sites excluding steroid dienone is 1. The van der Waals surface area contributed by atoms with Crippen molar-refractivity contribution in [3.05, 3.63) is 69.9 Å². The van der Waals surface area contributed by atoms with Crippen molar-refractivity contribution in [1.82, 2.24) is 0 Å². The van der Waals surface area contributed by atoms with Gasteiger partial charge in [0.05, 0.1) is 17.9 Å². The lowest BCUT2D eigenvalue weighted by molar-refractivity contribution is 0.401. The molecule has 1 aliphatic heterocycles. The molecular formula is C21H18N2O2S. The molecule has 2 aromatic carbocycles. The molecule has 4 nitrogen and oxygen atoms in total. The molecule has 0 aliphatic carbocycles. The van der Waals surface area contributed by atoms with Crippen LogP contribution in [0.4, 0.5) is 0 Å². The second-order valence-corrected chi connectivity index (χ2v) is 7.19. The molecule has 4 rings (SSSR count).